The number of ether oxygens (including phenoxy) is 1. The molecule has 0 unspecified atom stereocenters. The predicted octanol–water partition coefficient (Wildman–Crippen LogP) is 5.64. The first kappa shape index (κ1) is 18.7. The van der Waals surface area contributed by atoms with Crippen LogP contribution in [0.2, 0.25) is 0 Å². The fourth-order valence-corrected chi connectivity index (χ4v) is 4.55. The first-order valence-corrected chi connectivity index (χ1v) is 10.3. The number of rotatable bonds is 5. The fourth-order valence-electron chi connectivity index (χ4n) is 3.16. The topological polar surface area (TPSA) is 29.5 Å². The molecule has 0 aromatic heterocycles. The van der Waals surface area contributed by atoms with Crippen molar-refractivity contribution in [2.75, 3.05) is 6.54 Å². The second-order valence-electron chi connectivity index (χ2n) is 6.42. The maximum absolute atomic E-state index is 12.3. The van der Waals surface area contributed by atoms with Crippen LogP contribution in [0, 0.1) is 0 Å². The van der Waals surface area contributed by atoms with Gasteiger partial charge in [-0.1, -0.05) is 78.6 Å². The van der Waals surface area contributed by atoms with Gasteiger partial charge in [0.2, 0.25) is 0 Å². The Kier molecular flexibility index (Phi) is 5.46. The summed E-state index contributed by atoms with van der Waals surface area (Å²) in [5.74, 6) is 0.778. The molecule has 0 atom stereocenters. The van der Waals surface area contributed by atoms with Crippen molar-refractivity contribution >= 4 is 51.1 Å². The lowest BCUT2D eigenvalue weighted by atomic mass is 10.1. The molecule has 1 aliphatic heterocycles. The highest BCUT2D eigenvalue weighted by atomic mass is 32.2. The lowest BCUT2D eigenvalue weighted by Gasteiger charge is -2.10. The van der Waals surface area contributed by atoms with Crippen LogP contribution in [0.25, 0.3) is 16.8 Å². The average Bonchev–Trinajstić information content (AvgIpc) is 2.99. The molecule has 0 radical (unpaired) electrons. The highest BCUT2D eigenvalue weighted by Crippen LogP contribution is 2.32. The minimum absolute atomic E-state index is 0.0196. The molecule has 1 amide bonds. The predicted molar refractivity (Wildman–Crippen MR) is 120 cm³/mol. The number of benzene rings is 3. The summed E-state index contributed by atoms with van der Waals surface area (Å²) < 4.78 is 6.60. The van der Waals surface area contributed by atoms with Crippen molar-refractivity contribution in [1.82, 2.24) is 4.90 Å². The molecule has 1 fully saturated rings. The van der Waals surface area contributed by atoms with Gasteiger partial charge < -0.3 is 4.74 Å². The van der Waals surface area contributed by atoms with Gasteiger partial charge in [-0.25, -0.2) is 0 Å². The van der Waals surface area contributed by atoms with Crippen LogP contribution >= 0.6 is 24.0 Å². The molecule has 3 aromatic carbocycles. The molecule has 4 rings (SSSR count). The molecule has 0 aliphatic carbocycles. The zero-order valence-corrected chi connectivity index (χ0v) is 17.1. The van der Waals surface area contributed by atoms with Crippen molar-refractivity contribution < 1.29 is 9.53 Å². The number of fused-ring (bicyclic) bond motifs is 1. The number of thioether (sulfide) groups is 1. The van der Waals surface area contributed by atoms with Crippen LogP contribution in [0.15, 0.2) is 71.6 Å². The first-order chi connectivity index (χ1) is 13.7. The normalized spacial score (nSPS) is 15.6. The highest BCUT2D eigenvalue weighted by molar-refractivity contribution is 8.26. The number of nitrogens with zero attached hydrogens (tertiary/aromatic N) is 1. The van der Waals surface area contributed by atoms with Crippen molar-refractivity contribution in [1.29, 1.82) is 0 Å². The largest absolute Gasteiger partial charge is 0.489 e. The highest BCUT2D eigenvalue weighted by Gasteiger charge is 2.30. The summed E-state index contributed by atoms with van der Waals surface area (Å²) in [4.78, 5) is 14.6. The van der Waals surface area contributed by atoms with Gasteiger partial charge in [-0.3, -0.25) is 9.69 Å². The number of carbonyl (C=O) groups is 1. The van der Waals surface area contributed by atoms with Crippen LogP contribution in [0.4, 0.5) is 0 Å². The van der Waals surface area contributed by atoms with E-state index < -0.39 is 0 Å². The van der Waals surface area contributed by atoms with Crippen molar-refractivity contribution in [3.8, 4) is 5.75 Å². The van der Waals surface area contributed by atoms with Gasteiger partial charge >= 0.3 is 0 Å². The Morgan fingerprint density at radius 3 is 2.54 bits per heavy atom. The van der Waals surface area contributed by atoms with Crippen LogP contribution < -0.4 is 4.74 Å². The molecular formula is C23H19NO2S2. The fraction of sp³-hybridized carbons (Fsp3) is 0.130. The summed E-state index contributed by atoms with van der Waals surface area (Å²) in [5, 5.41) is 2.42. The van der Waals surface area contributed by atoms with Crippen LogP contribution in [0.1, 0.15) is 18.1 Å². The van der Waals surface area contributed by atoms with E-state index in [-0.39, 0.29) is 5.91 Å². The van der Waals surface area contributed by atoms with Crippen molar-refractivity contribution in [3.05, 3.63) is 82.8 Å². The zero-order valence-electron chi connectivity index (χ0n) is 15.4. The summed E-state index contributed by atoms with van der Waals surface area (Å²) in [6.07, 6.45) is 1.88. The lowest BCUT2D eigenvalue weighted by molar-refractivity contribution is -0.121. The maximum atomic E-state index is 12.3. The van der Waals surface area contributed by atoms with Crippen molar-refractivity contribution in [2.45, 2.75) is 13.5 Å². The SMILES string of the molecule is CCN1C(=O)/C(=C\c2ccc(OCc3cccc4ccccc34)cc2)SC1=S. The van der Waals surface area contributed by atoms with E-state index in [0.29, 0.717) is 22.4 Å². The maximum Gasteiger partial charge on any atom is 0.266 e. The molecule has 0 spiro atoms. The van der Waals surface area contributed by atoms with E-state index in [1.165, 1.54) is 22.5 Å². The Balaban J connectivity index is 1.46. The molecule has 3 aromatic rings. The van der Waals surface area contributed by atoms with Crippen LogP contribution in [0.5, 0.6) is 5.75 Å². The quantitative estimate of drug-likeness (QED) is 0.406. The number of thiocarbonyl (C=S) groups is 1. The number of hydrogen-bond acceptors (Lipinski definition) is 4. The van der Waals surface area contributed by atoms with Gasteiger partial charge in [0, 0.05) is 6.54 Å². The van der Waals surface area contributed by atoms with Crippen molar-refractivity contribution in [3.63, 3.8) is 0 Å². The van der Waals surface area contributed by atoms with Crippen LogP contribution in [0.3, 0.4) is 0 Å². The van der Waals surface area contributed by atoms with Gasteiger partial charge in [-0.15, -0.1) is 0 Å². The van der Waals surface area contributed by atoms with Crippen LogP contribution in [-0.4, -0.2) is 21.7 Å². The average molecular weight is 406 g/mol. The van der Waals surface area contributed by atoms with Gasteiger partial charge in [0.25, 0.3) is 5.91 Å². The minimum Gasteiger partial charge on any atom is -0.489 e. The summed E-state index contributed by atoms with van der Waals surface area (Å²) >= 11 is 6.60. The summed E-state index contributed by atoms with van der Waals surface area (Å²) in [7, 11) is 0. The molecule has 0 N–H and O–H groups in total. The number of hydrogen-bond donors (Lipinski definition) is 0. The summed E-state index contributed by atoms with van der Waals surface area (Å²) in [6, 6.07) is 22.3. The second kappa shape index (κ2) is 8.17. The van der Waals surface area contributed by atoms with Crippen LogP contribution in [-0.2, 0) is 11.4 Å². The molecular weight excluding hydrogens is 386 g/mol. The Labute approximate surface area is 174 Å². The van der Waals surface area contributed by atoms with Gasteiger partial charge in [0.1, 0.15) is 16.7 Å². The van der Waals surface area contributed by atoms with E-state index in [2.05, 4.69) is 30.3 Å². The standard InChI is InChI=1S/C23H19NO2S2/c1-2-24-22(25)21(28-23(24)27)14-16-10-12-19(13-11-16)26-15-18-8-5-7-17-6-3-4-9-20(17)18/h3-14H,2,15H2,1H3/b21-14+. The zero-order chi connectivity index (χ0) is 19.5. The number of likely N-dealkylation sites (N-methyl/N-ethyl adjacent to an activating group) is 1. The van der Waals surface area contributed by atoms with Gasteiger partial charge in [-0.2, -0.15) is 0 Å². The van der Waals surface area contributed by atoms with Gasteiger partial charge in [-0.05, 0) is 47.0 Å². The molecule has 140 valence electrons. The minimum atomic E-state index is -0.0196. The molecule has 3 nitrogen and oxygen atoms in total. The van der Waals surface area contributed by atoms with E-state index >= 15 is 0 Å². The lowest BCUT2D eigenvalue weighted by Crippen LogP contribution is -2.27. The molecule has 28 heavy (non-hydrogen) atoms. The third-order valence-electron chi connectivity index (χ3n) is 4.64. The van der Waals surface area contributed by atoms with E-state index in [1.54, 1.807) is 4.90 Å². The summed E-state index contributed by atoms with van der Waals surface area (Å²) in [6.45, 7) is 3.04. The molecule has 1 saturated heterocycles. The Hall–Kier alpha value is -2.63. The van der Waals surface area contributed by atoms with Gasteiger partial charge in [0.05, 0.1) is 4.91 Å². The monoisotopic (exact) mass is 405 g/mol. The van der Waals surface area contributed by atoms with Crippen molar-refractivity contribution in [2.24, 2.45) is 0 Å². The molecule has 1 aliphatic rings. The van der Waals surface area contributed by atoms with E-state index in [1.807, 2.05) is 49.4 Å². The number of amides is 1. The second-order valence-corrected chi connectivity index (χ2v) is 8.10. The third kappa shape index (κ3) is 3.81. The molecule has 0 bridgehead atoms. The van der Waals surface area contributed by atoms with Gasteiger partial charge in [0.15, 0.2) is 0 Å². The van der Waals surface area contributed by atoms with E-state index in [9.17, 15) is 4.79 Å². The van der Waals surface area contributed by atoms with E-state index in [0.717, 1.165) is 16.9 Å². The molecule has 5 heteroatoms. The summed E-state index contributed by atoms with van der Waals surface area (Å²) in [5.41, 5.74) is 2.11. The smallest absolute Gasteiger partial charge is 0.266 e. The first-order valence-electron chi connectivity index (χ1n) is 9.10. The number of carbonyl (C=O) groups excluding carboxylic acids is 1. The molecule has 1 heterocycles. The third-order valence-corrected chi connectivity index (χ3v) is 6.02. The van der Waals surface area contributed by atoms with E-state index in [4.69, 9.17) is 17.0 Å². The Morgan fingerprint density at radius 2 is 1.79 bits per heavy atom. The molecule has 0 saturated carbocycles. The Morgan fingerprint density at radius 1 is 1.04 bits per heavy atom. The Bertz CT molecular complexity index is 1070.